The number of barbiturate groups is 1. The third-order valence-corrected chi connectivity index (χ3v) is 4.83. The van der Waals surface area contributed by atoms with Gasteiger partial charge in [-0.2, -0.15) is 0 Å². The van der Waals surface area contributed by atoms with Crippen molar-refractivity contribution in [2.45, 2.75) is 33.3 Å². The third kappa shape index (κ3) is 4.49. The maximum atomic E-state index is 12.9. The number of carbonyl (C=O) groups excluding carboxylic acids is 3. The largest absolute Gasteiger partial charge is 0.489 e. The molecule has 2 aromatic carbocycles. The number of ether oxygens (including phenoxy) is 1. The van der Waals surface area contributed by atoms with Crippen LogP contribution in [0.1, 0.15) is 31.4 Å². The number of urea groups is 1. The second-order valence-electron chi connectivity index (χ2n) is 6.82. The maximum Gasteiger partial charge on any atom is 0.335 e. The highest BCUT2D eigenvalue weighted by Crippen LogP contribution is 2.29. The van der Waals surface area contributed by atoms with Crippen molar-refractivity contribution in [1.82, 2.24) is 5.32 Å². The molecule has 7 heteroatoms. The lowest BCUT2D eigenvalue weighted by Crippen LogP contribution is -2.54. The zero-order valence-electron chi connectivity index (χ0n) is 16.4. The van der Waals surface area contributed by atoms with Crippen molar-refractivity contribution in [2.24, 2.45) is 0 Å². The minimum Gasteiger partial charge on any atom is -0.489 e. The Morgan fingerprint density at radius 2 is 1.93 bits per heavy atom. The van der Waals surface area contributed by atoms with E-state index in [2.05, 4.69) is 5.32 Å². The van der Waals surface area contributed by atoms with Gasteiger partial charge in [-0.05, 0) is 61.7 Å². The Hall–Kier alpha value is -3.12. The summed E-state index contributed by atoms with van der Waals surface area (Å²) in [6, 6.07) is 11.1. The summed E-state index contributed by atoms with van der Waals surface area (Å²) in [5, 5.41) is 2.58. The van der Waals surface area contributed by atoms with E-state index in [9.17, 15) is 14.4 Å². The number of nitrogens with one attached hydrogen (secondary N) is 1. The van der Waals surface area contributed by atoms with Gasteiger partial charge >= 0.3 is 6.03 Å². The molecule has 0 aliphatic carbocycles. The van der Waals surface area contributed by atoms with E-state index in [1.54, 1.807) is 36.4 Å². The number of halogens is 1. The molecule has 2 aromatic rings. The van der Waals surface area contributed by atoms with Crippen LogP contribution in [-0.4, -0.2) is 23.9 Å². The highest BCUT2D eigenvalue weighted by atomic mass is 35.5. The van der Waals surface area contributed by atoms with E-state index < -0.39 is 17.8 Å². The molecule has 0 aromatic heterocycles. The lowest BCUT2D eigenvalue weighted by Gasteiger charge is -2.26. The van der Waals surface area contributed by atoms with Crippen LogP contribution < -0.4 is 15.0 Å². The van der Waals surface area contributed by atoms with Crippen molar-refractivity contribution in [3.05, 3.63) is 64.2 Å². The molecule has 0 unspecified atom stereocenters. The van der Waals surface area contributed by atoms with Crippen molar-refractivity contribution in [3.8, 4) is 5.75 Å². The summed E-state index contributed by atoms with van der Waals surface area (Å²) < 4.78 is 5.73. The Labute approximate surface area is 174 Å². The number of anilines is 1. The van der Waals surface area contributed by atoms with Gasteiger partial charge in [0.05, 0.1) is 16.8 Å². The molecular formula is C22H21ClN2O4. The van der Waals surface area contributed by atoms with Crippen molar-refractivity contribution < 1.29 is 19.1 Å². The first-order valence-corrected chi connectivity index (χ1v) is 9.62. The highest BCUT2D eigenvalue weighted by Gasteiger charge is 2.36. The topological polar surface area (TPSA) is 75.7 Å². The van der Waals surface area contributed by atoms with Crippen LogP contribution in [0.25, 0.3) is 6.08 Å². The molecule has 1 saturated heterocycles. The van der Waals surface area contributed by atoms with Gasteiger partial charge in [-0.1, -0.05) is 36.7 Å². The summed E-state index contributed by atoms with van der Waals surface area (Å²) in [5.74, 6) is -0.917. The van der Waals surface area contributed by atoms with Crippen LogP contribution in [0.4, 0.5) is 10.5 Å². The van der Waals surface area contributed by atoms with Gasteiger partial charge in [0.25, 0.3) is 11.8 Å². The Morgan fingerprint density at radius 1 is 1.17 bits per heavy atom. The van der Waals surface area contributed by atoms with Gasteiger partial charge in [0.1, 0.15) is 11.3 Å². The molecule has 6 nitrogen and oxygen atoms in total. The monoisotopic (exact) mass is 412 g/mol. The summed E-state index contributed by atoms with van der Waals surface area (Å²) in [6.07, 6.45) is 2.25. The van der Waals surface area contributed by atoms with Crippen molar-refractivity contribution in [3.63, 3.8) is 0 Å². The smallest absolute Gasteiger partial charge is 0.335 e. The standard InChI is InChI=1S/C22H21ClN2O4/c1-4-14(3)29-19-9-8-15(12-18(19)23)11-17-20(26)24-22(28)25(21(17)27)16-7-5-6-13(2)10-16/h5-12,14H,4H2,1-3H3,(H,24,26,28)/b17-11+/t14-/m0/s1. The van der Waals surface area contributed by atoms with Crippen LogP contribution in [0.5, 0.6) is 5.75 Å². The second-order valence-corrected chi connectivity index (χ2v) is 7.23. The molecule has 1 aliphatic heterocycles. The normalized spacial score (nSPS) is 16.8. The van der Waals surface area contributed by atoms with Crippen LogP contribution in [0.15, 0.2) is 48.0 Å². The number of imide groups is 2. The summed E-state index contributed by atoms with van der Waals surface area (Å²) in [6.45, 7) is 5.79. The molecule has 1 atom stereocenters. The SMILES string of the molecule is CC[C@H](C)Oc1ccc(/C=C2\C(=O)NC(=O)N(c3cccc(C)c3)C2=O)cc1Cl. The van der Waals surface area contributed by atoms with Gasteiger partial charge in [-0.3, -0.25) is 14.9 Å². The second kappa shape index (κ2) is 8.49. The summed E-state index contributed by atoms with van der Waals surface area (Å²) in [4.78, 5) is 38.4. The van der Waals surface area contributed by atoms with Crippen LogP contribution >= 0.6 is 11.6 Å². The number of hydrogen-bond acceptors (Lipinski definition) is 4. The minimum absolute atomic E-state index is 0.0105. The molecule has 1 aliphatic rings. The van der Waals surface area contributed by atoms with Gasteiger partial charge in [-0.15, -0.1) is 0 Å². The Balaban J connectivity index is 1.93. The molecule has 29 heavy (non-hydrogen) atoms. The number of benzene rings is 2. The van der Waals surface area contributed by atoms with E-state index in [4.69, 9.17) is 16.3 Å². The van der Waals surface area contributed by atoms with Gasteiger partial charge in [0, 0.05) is 0 Å². The van der Waals surface area contributed by atoms with E-state index in [0.717, 1.165) is 16.9 Å². The first-order chi connectivity index (χ1) is 13.8. The minimum atomic E-state index is -0.780. The molecule has 1 fully saturated rings. The summed E-state index contributed by atoms with van der Waals surface area (Å²) >= 11 is 6.28. The molecule has 0 bridgehead atoms. The van der Waals surface area contributed by atoms with Gasteiger partial charge < -0.3 is 4.74 Å². The van der Waals surface area contributed by atoms with Crippen LogP contribution in [-0.2, 0) is 9.59 Å². The Kier molecular flexibility index (Phi) is 6.03. The van der Waals surface area contributed by atoms with Gasteiger partial charge in [0.15, 0.2) is 0 Å². The predicted octanol–water partition coefficient (Wildman–Crippen LogP) is 4.49. The Bertz CT molecular complexity index is 1020. The number of carbonyl (C=O) groups is 3. The molecule has 1 N–H and O–H groups in total. The summed E-state index contributed by atoms with van der Waals surface area (Å²) in [5.41, 5.74) is 1.66. The zero-order chi connectivity index (χ0) is 21.1. The number of hydrogen-bond donors (Lipinski definition) is 1. The van der Waals surface area contributed by atoms with E-state index >= 15 is 0 Å². The molecule has 0 saturated carbocycles. The fourth-order valence-electron chi connectivity index (χ4n) is 2.83. The van der Waals surface area contributed by atoms with Crippen molar-refractivity contribution in [2.75, 3.05) is 4.90 Å². The molecule has 4 amide bonds. The first kappa shape index (κ1) is 20.6. The first-order valence-electron chi connectivity index (χ1n) is 9.24. The average molecular weight is 413 g/mol. The number of amides is 4. The molecular weight excluding hydrogens is 392 g/mol. The van der Waals surface area contributed by atoms with Gasteiger partial charge in [0.2, 0.25) is 0 Å². The fraction of sp³-hybridized carbons (Fsp3) is 0.227. The quantitative estimate of drug-likeness (QED) is 0.579. The van der Waals surface area contributed by atoms with Crippen LogP contribution in [0.2, 0.25) is 5.02 Å². The fourth-order valence-corrected chi connectivity index (χ4v) is 3.06. The van der Waals surface area contributed by atoms with E-state index in [1.807, 2.05) is 26.8 Å². The van der Waals surface area contributed by atoms with Crippen LogP contribution in [0, 0.1) is 6.92 Å². The van der Waals surface area contributed by atoms with Gasteiger partial charge in [-0.25, -0.2) is 9.69 Å². The number of aryl methyl sites for hydroxylation is 1. The third-order valence-electron chi connectivity index (χ3n) is 4.53. The molecule has 1 heterocycles. The lowest BCUT2D eigenvalue weighted by molar-refractivity contribution is -0.122. The maximum absolute atomic E-state index is 12.9. The zero-order valence-corrected chi connectivity index (χ0v) is 17.1. The van der Waals surface area contributed by atoms with Crippen LogP contribution in [0.3, 0.4) is 0 Å². The average Bonchev–Trinajstić information content (AvgIpc) is 2.67. The predicted molar refractivity (Wildman–Crippen MR) is 112 cm³/mol. The highest BCUT2D eigenvalue weighted by molar-refractivity contribution is 6.39. The van der Waals surface area contributed by atoms with E-state index in [-0.39, 0.29) is 11.7 Å². The number of rotatable bonds is 5. The lowest BCUT2D eigenvalue weighted by atomic mass is 10.1. The number of nitrogens with zero attached hydrogens (tertiary/aromatic N) is 1. The molecule has 0 spiro atoms. The van der Waals surface area contributed by atoms with E-state index in [1.165, 1.54) is 6.08 Å². The Morgan fingerprint density at radius 3 is 2.59 bits per heavy atom. The summed E-state index contributed by atoms with van der Waals surface area (Å²) in [7, 11) is 0. The van der Waals surface area contributed by atoms with Crippen molar-refractivity contribution in [1.29, 1.82) is 0 Å². The molecule has 0 radical (unpaired) electrons. The van der Waals surface area contributed by atoms with Crippen molar-refractivity contribution >= 4 is 41.2 Å². The molecule has 3 rings (SSSR count). The van der Waals surface area contributed by atoms with E-state index in [0.29, 0.717) is 22.0 Å². The molecule has 150 valence electrons.